The van der Waals surface area contributed by atoms with E-state index in [-0.39, 0.29) is 10.2 Å². The second-order valence-corrected chi connectivity index (χ2v) is 9.90. The van der Waals surface area contributed by atoms with Crippen LogP contribution >= 0.6 is 0 Å². The first-order chi connectivity index (χ1) is 9.01. The highest BCUT2D eigenvalue weighted by Crippen LogP contribution is 2.25. The van der Waals surface area contributed by atoms with E-state index in [1.54, 1.807) is 0 Å². The van der Waals surface area contributed by atoms with Crippen LogP contribution < -0.4 is 0 Å². The Labute approximate surface area is 127 Å². The van der Waals surface area contributed by atoms with E-state index in [2.05, 4.69) is 44.8 Å². The van der Waals surface area contributed by atoms with Gasteiger partial charge in [-0.25, -0.2) is 0 Å². The second kappa shape index (κ2) is 6.48. The maximum absolute atomic E-state index is 12.1. The average Bonchev–Trinajstić information content (AvgIpc) is 2.33. The molecule has 0 aliphatic heterocycles. The summed E-state index contributed by atoms with van der Waals surface area (Å²) in [4.78, 5) is 4.57. The van der Waals surface area contributed by atoms with Crippen LogP contribution in [0.4, 0.5) is 0 Å². The number of hydrogen-bond donors (Lipinski definition) is 0. The lowest BCUT2D eigenvalue weighted by Crippen LogP contribution is -2.30. The molecule has 0 aliphatic rings. The number of nitrogens with zero attached hydrogens (tertiary/aromatic N) is 1. The molecule has 1 unspecified atom stereocenters. The molecular weight excluding hydrogens is 266 g/mol. The second-order valence-electron chi connectivity index (χ2n) is 7.58. The van der Waals surface area contributed by atoms with Crippen LogP contribution in [0.5, 0.6) is 0 Å². The fourth-order valence-corrected chi connectivity index (χ4v) is 3.08. The van der Waals surface area contributed by atoms with Crippen LogP contribution in [-0.4, -0.2) is 20.0 Å². The van der Waals surface area contributed by atoms with Crippen LogP contribution in [0.1, 0.15) is 72.1 Å². The standard InChI is InChI=1S/C17H29NOS/c1-13(10-11-20(19)17(5,6)7)14-8-9-15(18-12-14)16(2,3)4/h8-9,12-13H,10-11H2,1-7H3/t13-,20?/m1/s1. The van der Waals surface area contributed by atoms with Gasteiger partial charge in [0.15, 0.2) is 0 Å². The van der Waals surface area contributed by atoms with Gasteiger partial charge in [-0.1, -0.05) is 33.8 Å². The highest BCUT2D eigenvalue weighted by atomic mass is 32.2. The Hall–Kier alpha value is -0.540. The van der Waals surface area contributed by atoms with E-state index in [0.29, 0.717) is 5.92 Å². The summed E-state index contributed by atoms with van der Waals surface area (Å²) in [7, 11) is 0. The molecule has 2 atom stereocenters. The van der Waals surface area contributed by atoms with E-state index >= 15 is 0 Å². The van der Waals surface area contributed by atoms with Crippen molar-refractivity contribution in [2.45, 2.75) is 71.0 Å². The summed E-state index contributed by atoms with van der Waals surface area (Å²) >= 11 is -0.771. The number of hydrogen-bond acceptors (Lipinski definition) is 2. The third-order valence-electron chi connectivity index (χ3n) is 3.54. The van der Waals surface area contributed by atoms with E-state index in [1.807, 2.05) is 27.0 Å². The van der Waals surface area contributed by atoms with Crippen molar-refractivity contribution in [3.8, 4) is 0 Å². The Kier molecular flexibility index (Phi) is 5.68. The summed E-state index contributed by atoms with van der Waals surface area (Å²) in [5, 5.41) is 0. The first kappa shape index (κ1) is 17.5. The van der Waals surface area contributed by atoms with Crippen molar-refractivity contribution in [3.63, 3.8) is 0 Å². The molecule has 20 heavy (non-hydrogen) atoms. The number of pyridine rings is 1. The zero-order valence-electron chi connectivity index (χ0n) is 14.0. The Morgan fingerprint density at radius 1 is 1.15 bits per heavy atom. The average molecular weight is 295 g/mol. The van der Waals surface area contributed by atoms with Crippen molar-refractivity contribution in [3.05, 3.63) is 29.6 Å². The van der Waals surface area contributed by atoms with Crippen molar-refractivity contribution in [1.82, 2.24) is 4.98 Å². The highest BCUT2D eigenvalue weighted by molar-refractivity contribution is 7.92. The molecule has 3 heteroatoms. The van der Waals surface area contributed by atoms with E-state index in [4.69, 9.17) is 0 Å². The van der Waals surface area contributed by atoms with Crippen LogP contribution in [0.3, 0.4) is 0 Å². The molecule has 0 radical (unpaired) electrons. The third-order valence-corrected chi connectivity index (χ3v) is 5.52. The molecule has 0 amide bonds. The molecule has 0 aliphatic carbocycles. The molecule has 0 fully saturated rings. The van der Waals surface area contributed by atoms with E-state index < -0.39 is 11.2 Å². The predicted molar refractivity (Wildman–Crippen MR) is 88.7 cm³/mol. The highest BCUT2D eigenvalue weighted by Gasteiger charge is 2.26. The molecule has 1 rings (SSSR count). The lowest BCUT2D eigenvalue weighted by Gasteiger charge is -2.25. The molecule has 1 aromatic heterocycles. The molecule has 0 aromatic carbocycles. The lowest BCUT2D eigenvalue weighted by atomic mass is 9.90. The molecule has 1 aromatic rings. The molecule has 0 saturated carbocycles. The summed E-state index contributed by atoms with van der Waals surface area (Å²) in [5.74, 6) is 1.16. The Bertz CT molecular complexity index is 414. The minimum absolute atomic E-state index is 0.0928. The topological polar surface area (TPSA) is 36.0 Å². The summed E-state index contributed by atoms with van der Waals surface area (Å²) < 4.78 is 12.0. The molecule has 0 bridgehead atoms. The normalized spacial score (nSPS) is 16.0. The quantitative estimate of drug-likeness (QED) is 0.771. The van der Waals surface area contributed by atoms with Gasteiger partial charge in [-0.2, -0.15) is 0 Å². The van der Waals surface area contributed by atoms with Gasteiger partial charge in [0.2, 0.25) is 0 Å². The Morgan fingerprint density at radius 2 is 1.75 bits per heavy atom. The molecule has 1 heterocycles. The van der Waals surface area contributed by atoms with Crippen molar-refractivity contribution in [1.29, 1.82) is 0 Å². The maximum Gasteiger partial charge on any atom is 0.117 e. The van der Waals surface area contributed by atoms with Gasteiger partial charge in [-0.3, -0.25) is 4.98 Å². The molecule has 0 N–H and O–H groups in total. The van der Waals surface area contributed by atoms with Gasteiger partial charge < -0.3 is 4.55 Å². The van der Waals surface area contributed by atoms with Gasteiger partial charge in [-0.05, 0) is 55.9 Å². The first-order valence-electron chi connectivity index (χ1n) is 7.36. The lowest BCUT2D eigenvalue weighted by molar-refractivity contribution is 0.552. The fourth-order valence-electron chi connectivity index (χ4n) is 1.90. The van der Waals surface area contributed by atoms with Crippen LogP contribution in [-0.2, 0) is 16.6 Å². The van der Waals surface area contributed by atoms with Gasteiger partial charge in [0.25, 0.3) is 0 Å². The zero-order chi connectivity index (χ0) is 15.6. The van der Waals surface area contributed by atoms with Crippen LogP contribution in [0.2, 0.25) is 0 Å². The van der Waals surface area contributed by atoms with Crippen LogP contribution in [0.25, 0.3) is 0 Å². The first-order valence-corrected chi connectivity index (χ1v) is 8.68. The summed E-state index contributed by atoms with van der Waals surface area (Å²) in [6, 6.07) is 4.28. The minimum Gasteiger partial charge on any atom is -0.616 e. The smallest absolute Gasteiger partial charge is 0.117 e. The Balaban J connectivity index is 2.63. The van der Waals surface area contributed by atoms with Gasteiger partial charge in [0.05, 0.1) is 0 Å². The van der Waals surface area contributed by atoms with Gasteiger partial charge in [-0.15, -0.1) is 0 Å². The molecule has 0 saturated heterocycles. The van der Waals surface area contributed by atoms with Crippen LogP contribution in [0, 0.1) is 0 Å². The molecule has 2 nitrogen and oxygen atoms in total. The van der Waals surface area contributed by atoms with Gasteiger partial charge in [0, 0.05) is 17.3 Å². The number of aromatic nitrogens is 1. The van der Waals surface area contributed by atoms with E-state index in [9.17, 15) is 4.55 Å². The van der Waals surface area contributed by atoms with Gasteiger partial charge in [0.1, 0.15) is 10.5 Å². The fraction of sp³-hybridized carbons (Fsp3) is 0.706. The van der Waals surface area contributed by atoms with Crippen molar-refractivity contribution in [2.24, 2.45) is 0 Å². The molecule has 0 spiro atoms. The largest absolute Gasteiger partial charge is 0.616 e. The SMILES string of the molecule is C[C@H](CC[S+]([O-])C(C)(C)C)c1ccc(C(C)(C)C)nc1. The van der Waals surface area contributed by atoms with E-state index in [0.717, 1.165) is 17.9 Å². The minimum atomic E-state index is -0.771. The molecular formula is C17H29NOS. The maximum atomic E-state index is 12.1. The van der Waals surface area contributed by atoms with E-state index in [1.165, 1.54) is 5.56 Å². The summed E-state index contributed by atoms with van der Waals surface area (Å²) in [6.45, 7) is 14.8. The Morgan fingerprint density at radius 3 is 2.15 bits per heavy atom. The van der Waals surface area contributed by atoms with Crippen molar-refractivity contribution < 1.29 is 4.55 Å². The van der Waals surface area contributed by atoms with Gasteiger partial charge >= 0.3 is 0 Å². The predicted octanol–water partition coefficient (Wildman–Crippen LogP) is 4.42. The van der Waals surface area contributed by atoms with Crippen molar-refractivity contribution in [2.75, 3.05) is 5.75 Å². The van der Waals surface area contributed by atoms with Crippen molar-refractivity contribution >= 4 is 11.2 Å². The third kappa shape index (κ3) is 5.10. The number of rotatable bonds is 4. The zero-order valence-corrected chi connectivity index (χ0v) is 14.8. The molecule has 114 valence electrons. The van der Waals surface area contributed by atoms with Crippen LogP contribution in [0.15, 0.2) is 18.3 Å². The summed E-state index contributed by atoms with van der Waals surface area (Å²) in [6.07, 6.45) is 2.92. The summed E-state index contributed by atoms with van der Waals surface area (Å²) in [5.41, 5.74) is 2.45. The monoisotopic (exact) mass is 295 g/mol.